The fraction of sp³-hybridized carbons (Fsp3) is 0.429. The average Bonchev–Trinajstić information content (AvgIpc) is 2.76. The van der Waals surface area contributed by atoms with Crippen molar-refractivity contribution in [2.75, 3.05) is 0 Å². The molecule has 0 radical (unpaired) electrons. The summed E-state index contributed by atoms with van der Waals surface area (Å²) in [6.45, 7) is 4.00. The monoisotopic (exact) mass is 261 g/mol. The maximum absolute atomic E-state index is 12.0. The number of aromatic nitrogens is 2. The first kappa shape index (κ1) is 13.5. The van der Waals surface area contributed by atoms with Gasteiger partial charge >= 0.3 is 0 Å². The summed E-state index contributed by atoms with van der Waals surface area (Å²) in [5, 5.41) is 12.3. The number of hydrogen-bond acceptors (Lipinski definition) is 3. The summed E-state index contributed by atoms with van der Waals surface area (Å²) in [7, 11) is 0. The molecule has 102 valence electrons. The van der Waals surface area contributed by atoms with Gasteiger partial charge in [-0.3, -0.25) is 4.79 Å². The molecule has 0 bridgehead atoms. The number of amides is 1. The summed E-state index contributed by atoms with van der Waals surface area (Å²) in [5.74, 6) is 0.452. The third-order valence-corrected chi connectivity index (χ3v) is 3.20. The zero-order chi connectivity index (χ0) is 13.8. The lowest BCUT2D eigenvalue weighted by atomic mass is 10.2. The maximum Gasteiger partial charge on any atom is 0.240 e. The van der Waals surface area contributed by atoms with Gasteiger partial charge in [-0.2, -0.15) is 0 Å². The van der Waals surface area contributed by atoms with E-state index in [4.69, 9.17) is 0 Å². The second-order valence-electron chi connectivity index (χ2n) is 4.64. The van der Waals surface area contributed by atoms with Crippen LogP contribution in [0.15, 0.2) is 24.3 Å². The summed E-state index contributed by atoms with van der Waals surface area (Å²) in [6.07, 6.45) is 0.892. The van der Waals surface area contributed by atoms with Gasteiger partial charge in [-0.25, -0.2) is 4.98 Å². The molecule has 0 spiro atoms. The highest BCUT2D eigenvalue weighted by molar-refractivity contribution is 5.81. The highest BCUT2D eigenvalue weighted by atomic mass is 16.3. The van der Waals surface area contributed by atoms with Crippen molar-refractivity contribution < 1.29 is 9.90 Å². The third kappa shape index (κ3) is 2.93. The van der Waals surface area contributed by atoms with Gasteiger partial charge in [0.2, 0.25) is 5.91 Å². The Kier molecular flexibility index (Phi) is 4.16. The molecule has 1 unspecified atom stereocenters. The average molecular weight is 261 g/mol. The van der Waals surface area contributed by atoms with Crippen molar-refractivity contribution in [3.8, 4) is 0 Å². The first-order valence-electron chi connectivity index (χ1n) is 6.50. The number of imidazole rings is 1. The van der Waals surface area contributed by atoms with Crippen molar-refractivity contribution in [2.45, 2.75) is 39.5 Å². The van der Waals surface area contributed by atoms with Crippen molar-refractivity contribution in [2.24, 2.45) is 0 Å². The van der Waals surface area contributed by atoms with E-state index in [-0.39, 0.29) is 25.1 Å². The van der Waals surface area contributed by atoms with E-state index in [0.29, 0.717) is 5.82 Å². The van der Waals surface area contributed by atoms with E-state index in [2.05, 4.69) is 10.3 Å². The SMILES string of the molecule is CCC(C)NC(=O)Cn1c(CO)nc2ccccc21. The number of nitrogens with zero attached hydrogens (tertiary/aromatic N) is 2. The van der Waals surface area contributed by atoms with Crippen molar-refractivity contribution >= 4 is 16.9 Å². The van der Waals surface area contributed by atoms with Crippen LogP contribution in [0.5, 0.6) is 0 Å². The van der Waals surface area contributed by atoms with Gasteiger partial charge in [-0.15, -0.1) is 0 Å². The maximum atomic E-state index is 12.0. The highest BCUT2D eigenvalue weighted by Gasteiger charge is 2.13. The number of nitrogens with one attached hydrogen (secondary N) is 1. The van der Waals surface area contributed by atoms with Crippen LogP contribution in [0.25, 0.3) is 11.0 Å². The van der Waals surface area contributed by atoms with Crippen LogP contribution in [0.4, 0.5) is 0 Å². The molecule has 1 amide bonds. The Labute approximate surface area is 112 Å². The quantitative estimate of drug-likeness (QED) is 0.856. The normalized spacial score (nSPS) is 12.6. The number of aliphatic hydroxyl groups is 1. The highest BCUT2D eigenvalue weighted by Crippen LogP contribution is 2.15. The molecule has 2 rings (SSSR count). The zero-order valence-electron chi connectivity index (χ0n) is 11.3. The van der Waals surface area contributed by atoms with Crippen molar-refractivity contribution in [1.29, 1.82) is 0 Å². The molecule has 1 heterocycles. The van der Waals surface area contributed by atoms with Crippen LogP contribution in [-0.2, 0) is 17.9 Å². The predicted molar refractivity (Wildman–Crippen MR) is 73.6 cm³/mol. The van der Waals surface area contributed by atoms with E-state index in [0.717, 1.165) is 17.5 Å². The number of fused-ring (bicyclic) bond motifs is 1. The topological polar surface area (TPSA) is 67.2 Å². The van der Waals surface area contributed by atoms with Gasteiger partial charge in [0, 0.05) is 6.04 Å². The lowest BCUT2D eigenvalue weighted by Crippen LogP contribution is -2.34. The fourth-order valence-corrected chi connectivity index (χ4v) is 1.99. The lowest BCUT2D eigenvalue weighted by Gasteiger charge is -2.13. The standard InChI is InChI=1S/C14H19N3O2/c1-3-10(2)15-14(19)8-17-12-7-5-4-6-11(12)16-13(17)9-18/h4-7,10,18H,3,8-9H2,1-2H3,(H,15,19). The molecule has 0 saturated carbocycles. The Morgan fingerprint density at radius 1 is 1.47 bits per heavy atom. The fourth-order valence-electron chi connectivity index (χ4n) is 1.99. The van der Waals surface area contributed by atoms with Crippen LogP contribution in [0.2, 0.25) is 0 Å². The Morgan fingerprint density at radius 3 is 2.89 bits per heavy atom. The van der Waals surface area contributed by atoms with Gasteiger partial charge < -0.3 is 15.0 Å². The number of rotatable bonds is 5. The van der Waals surface area contributed by atoms with E-state index >= 15 is 0 Å². The second kappa shape index (κ2) is 5.84. The number of carbonyl (C=O) groups excluding carboxylic acids is 1. The van der Waals surface area contributed by atoms with Crippen LogP contribution >= 0.6 is 0 Å². The van der Waals surface area contributed by atoms with Crippen LogP contribution in [0.3, 0.4) is 0 Å². The number of para-hydroxylation sites is 2. The summed E-state index contributed by atoms with van der Waals surface area (Å²) >= 11 is 0. The van der Waals surface area contributed by atoms with Crippen molar-refractivity contribution in [1.82, 2.24) is 14.9 Å². The van der Waals surface area contributed by atoms with Crippen LogP contribution in [0.1, 0.15) is 26.1 Å². The van der Waals surface area contributed by atoms with Gasteiger partial charge in [0.1, 0.15) is 19.0 Å². The molecule has 5 nitrogen and oxygen atoms in total. The Bertz CT molecular complexity index is 577. The van der Waals surface area contributed by atoms with Crippen LogP contribution in [0, 0.1) is 0 Å². The minimum absolute atomic E-state index is 0.0628. The molecule has 0 saturated heterocycles. The van der Waals surface area contributed by atoms with Gasteiger partial charge in [-0.05, 0) is 25.5 Å². The smallest absolute Gasteiger partial charge is 0.240 e. The minimum Gasteiger partial charge on any atom is -0.388 e. The molecule has 0 aliphatic rings. The number of hydrogen-bond donors (Lipinski definition) is 2. The minimum atomic E-state index is -0.175. The molecule has 5 heteroatoms. The summed E-state index contributed by atoms with van der Waals surface area (Å²) in [5.41, 5.74) is 1.66. The lowest BCUT2D eigenvalue weighted by molar-refractivity contribution is -0.122. The van der Waals surface area contributed by atoms with E-state index in [1.54, 1.807) is 4.57 Å². The molecule has 1 atom stereocenters. The van der Waals surface area contributed by atoms with Crippen molar-refractivity contribution in [3.05, 3.63) is 30.1 Å². The first-order valence-corrected chi connectivity index (χ1v) is 6.50. The van der Waals surface area contributed by atoms with Gasteiger partial charge in [0.15, 0.2) is 0 Å². The second-order valence-corrected chi connectivity index (χ2v) is 4.64. The first-order chi connectivity index (χ1) is 9.15. The summed E-state index contributed by atoms with van der Waals surface area (Å²) < 4.78 is 1.76. The molecule has 0 aliphatic carbocycles. The van der Waals surface area contributed by atoms with Crippen molar-refractivity contribution in [3.63, 3.8) is 0 Å². The molecule has 19 heavy (non-hydrogen) atoms. The summed E-state index contributed by atoms with van der Waals surface area (Å²) in [6, 6.07) is 7.71. The Hall–Kier alpha value is -1.88. The van der Waals surface area contributed by atoms with Gasteiger partial charge in [-0.1, -0.05) is 19.1 Å². The molecule has 2 N–H and O–H groups in total. The van der Waals surface area contributed by atoms with E-state index < -0.39 is 0 Å². The van der Waals surface area contributed by atoms with Crippen LogP contribution in [-0.4, -0.2) is 26.6 Å². The zero-order valence-corrected chi connectivity index (χ0v) is 11.3. The van der Waals surface area contributed by atoms with E-state index in [9.17, 15) is 9.90 Å². The molecule has 0 fully saturated rings. The molecule has 0 aliphatic heterocycles. The predicted octanol–water partition coefficient (Wildman–Crippen LogP) is 1.44. The number of carbonyl (C=O) groups is 1. The van der Waals surface area contributed by atoms with Gasteiger partial charge in [0.05, 0.1) is 11.0 Å². The van der Waals surface area contributed by atoms with E-state index in [1.165, 1.54) is 0 Å². The Balaban J connectivity index is 2.26. The molecule has 2 aromatic rings. The Morgan fingerprint density at radius 2 is 2.21 bits per heavy atom. The van der Waals surface area contributed by atoms with Crippen LogP contribution < -0.4 is 5.32 Å². The molecular formula is C14H19N3O2. The number of aliphatic hydroxyl groups excluding tert-OH is 1. The number of benzene rings is 1. The molecule has 1 aromatic carbocycles. The third-order valence-electron chi connectivity index (χ3n) is 3.20. The summed E-state index contributed by atoms with van der Waals surface area (Å²) in [4.78, 5) is 16.3. The molecule has 1 aromatic heterocycles. The molecular weight excluding hydrogens is 242 g/mol. The van der Waals surface area contributed by atoms with Gasteiger partial charge in [0.25, 0.3) is 0 Å². The largest absolute Gasteiger partial charge is 0.388 e. The van der Waals surface area contributed by atoms with E-state index in [1.807, 2.05) is 38.1 Å².